The molecule has 12 heteroatoms. The number of β-amino-alcohol motifs (C(OH)–C–C–N with tert-alkyl or cyclic N) is 1. The van der Waals surface area contributed by atoms with Crippen LogP contribution in [-0.4, -0.2) is 86.5 Å². The third-order valence-electron chi connectivity index (χ3n) is 9.53. The SMILES string of the molecule is Cc1c(OCc2cnco2)ccc2c1CCN(C[C@@H](O)CNC(=O)c1cc(N[C@H]3CC[C@H](C(=O)N4CCCCC4)CC3)ncn1)C2. The number of oxazole rings is 1. The number of carbonyl (C=O) groups is 2. The molecule has 0 radical (unpaired) electrons. The van der Waals surface area contributed by atoms with Gasteiger partial charge < -0.3 is 29.8 Å². The number of likely N-dealkylation sites (tertiary alicyclic amines) is 1. The van der Waals surface area contributed by atoms with E-state index in [2.05, 4.69) is 48.4 Å². The minimum absolute atomic E-state index is 0.113. The zero-order valence-electron chi connectivity index (χ0n) is 26.6. The van der Waals surface area contributed by atoms with Crippen molar-refractivity contribution in [2.45, 2.75) is 83.6 Å². The number of benzene rings is 1. The third-order valence-corrected chi connectivity index (χ3v) is 9.53. The molecule has 3 aliphatic rings. The molecule has 46 heavy (non-hydrogen) atoms. The molecule has 12 nitrogen and oxygen atoms in total. The molecule has 1 saturated carbocycles. The highest BCUT2D eigenvalue weighted by Crippen LogP contribution is 2.31. The molecule has 3 aromatic rings. The van der Waals surface area contributed by atoms with Crippen LogP contribution in [0.5, 0.6) is 5.75 Å². The summed E-state index contributed by atoms with van der Waals surface area (Å²) in [5, 5.41) is 17.0. The first-order valence-corrected chi connectivity index (χ1v) is 16.6. The molecule has 246 valence electrons. The number of aliphatic hydroxyl groups is 1. The number of ether oxygens (including phenoxy) is 1. The van der Waals surface area contributed by atoms with Crippen LogP contribution in [0.4, 0.5) is 5.82 Å². The minimum atomic E-state index is -0.724. The maximum atomic E-state index is 12.9. The van der Waals surface area contributed by atoms with E-state index in [1.807, 2.05) is 6.07 Å². The average Bonchev–Trinajstić information content (AvgIpc) is 3.61. The number of carbonyl (C=O) groups excluding carboxylic acids is 2. The molecular formula is C34H45N7O5. The summed E-state index contributed by atoms with van der Waals surface area (Å²) in [4.78, 5) is 42.4. The fourth-order valence-corrected chi connectivity index (χ4v) is 6.94. The lowest BCUT2D eigenvalue weighted by Crippen LogP contribution is -2.42. The van der Waals surface area contributed by atoms with Crippen molar-refractivity contribution in [3.63, 3.8) is 0 Å². The van der Waals surface area contributed by atoms with E-state index >= 15 is 0 Å². The summed E-state index contributed by atoms with van der Waals surface area (Å²) in [5.41, 5.74) is 3.87. The summed E-state index contributed by atoms with van der Waals surface area (Å²) in [5.74, 6) is 2.19. The predicted octanol–water partition coefficient (Wildman–Crippen LogP) is 3.48. The first-order valence-electron chi connectivity index (χ1n) is 16.6. The number of nitrogens with one attached hydrogen (secondary N) is 2. The molecule has 2 amide bonds. The second-order valence-electron chi connectivity index (χ2n) is 12.8. The van der Waals surface area contributed by atoms with Gasteiger partial charge in [0.25, 0.3) is 5.91 Å². The fourth-order valence-electron chi connectivity index (χ4n) is 6.94. The quantitative estimate of drug-likeness (QED) is 0.288. The van der Waals surface area contributed by atoms with Crippen LogP contribution in [0.2, 0.25) is 0 Å². The summed E-state index contributed by atoms with van der Waals surface area (Å²) >= 11 is 0. The number of fused-ring (bicyclic) bond motifs is 1. The van der Waals surface area contributed by atoms with E-state index < -0.39 is 6.10 Å². The lowest BCUT2D eigenvalue weighted by molar-refractivity contribution is -0.137. The summed E-state index contributed by atoms with van der Waals surface area (Å²) in [6.45, 7) is 6.30. The Kier molecular flexibility index (Phi) is 10.4. The Bertz CT molecular complexity index is 1470. The summed E-state index contributed by atoms with van der Waals surface area (Å²) in [6, 6.07) is 5.92. The van der Waals surface area contributed by atoms with Crippen molar-refractivity contribution in [1.29, 1.82) is 0 Å². The summed E-state index contributed by atoms with van der Waals surface area (Å²) in [6.07, 6.45) is 11.5. The molecule has 2 fully saturated rings. The van der Waals surface area contributed by atoms with Crippen molar-refractivity contribution in [2.75, 3.05) is 38.0 Å². The van der Waals surface area contributed by atoms with Gasteiger partial charge in [-0.15, -0.1) is 0 Å². The van der Waals surface area contributed by atoms with Crippen LogP contribution in [0.15, 0.2) is 41.5 Å². The molecule has 0 spiro atoms. The lowest BCUT2D eigenvalue weighted by atomic mass is 9.85. The van der Waals surface area contributed by atoms with Gasteiger partial charge >= 0.3 is 0 Å². The number of piperidine rings is 1. The Morgan fingerprint density at radius 2 is 1.93 bits per heavy atom. The largest absolute Gasteiger partial charge is 0.485 e. The van der Waals surface area contributed by atoms with Crippen LogP contribution in [0.25, 0.3) is 0 Å². The molecule has 1 aliphatic carbocycles. The molecule has 4 heterocycles. The number of hydrogen-bond donors (Lipinski definition) is 3. The minimum Gasteiger partial charge on any atom is -0.485 e. The van der Waals surface area contributed by atoms with Crippen molar-refractivity contribution in [3.8, 4) is 5.75 Å². The van der Waals surface area contributed by atoms with Gasteiger partial charge in [-0.25, -0.2) is 15.0 Å². The number of anilines is 1. The van der Waals surface area contributed by atoms with E-state index in [1.165, 1.54) is 30.3 Å². The zero-order valence-corrected chi connectivity index (χ0v) is 26.6. The van der Waals surface area contributed by atoms with Crippen LogP contribution < -0.4 is 15.4 Å². The molecule has 1 atom stereocenters. The van der Waals surface area contributed by atoms with Gasteiger partial charge in [0.05, 0.1) is 12.3 Å². The van der Waals surface area contributed by atoms with Gasteiger partial charge in [-0.3, -0.25) is 14.5 Å². The highest BCUT2D eigenvalue weighted by molar-refractivity contribution is 5.92. The summed E-state index contributed by atoms with van der Waals surface area (Å²) < 4.78 is 11.2. The average molecular weight is 632 g/mol. The molecular weight excluding hydrogens is 586 g/mol. The highest BCUT2D eigenvalue weighted by atomic mass is 16.5. The van der Waals surface area contributed by atoms with Crippen LogP contribution >= 0.6 is 0 Å². The topological polar surface area (TPSA) is 146 Å². The van der Waals surface area contributed by atoms with Crippen molar-refractivity contribution < 1.29 is 23.8 Å². The number of aromatic nitrogens is 3. The molecule has 3 N–H and O–H groups in total. The fraction of sp³-hybridized carbons (Fsp3) is 0.559. The van der Waals surface area contributed by atoms with E-state index in [4.69, 9.17) is 9.15 Å². The zero-order chi connectivity index (χ0) is 31.9. The van der Waals surface area contributed by atoms with Gasteiger partial charge in [0.15, 0.2) is 12.2 Å². The van der Waals surface area contributed by atoms with Crippen LogP contribution in [0, 0.1) is 12.8 Å². The summed E-state index contributed by atoms with van der Waals surface area (Å²) in [7, 11) is 0. The lowest BCUT2D eigenvalue weighted by Gasteiger charge is -2.34. The van der Waals surface area contributed by atoms with E-state index in [-0.39, 0.29) is 30.1 Å². The van der Waals surface area contributed by atoms with Gasteiger partial charge in [-0.1, -0.05) is 6.07 Å². The van der Waals surface area contributed by atoms with Crippen LogP contribution in [0.1, 0.15) is 77.9 Å². The Balaban J connectivity index is 0.931. The molecule has 0 unspecified atom stereocenters. The van der Waals surface area contributed by atoms with Gasteiger partial charge in [0, 0.05) is 57.3 Å². The second kappa shape index (κ2) is 15.0. The third kappa shape index (κ3) is 8.03. The van der Waals surface area contributed by atoms with Gasteiger partial charge in [-0.05, 0) is 81.0 Å². The van der Waals surface area contributed by atoms with Crippen molar-refractivity contribution in [1.82, 2.24) is 30.1 Å². The van der Waals surface area contributed by atoms with E-state index in [0.29, 0.717) is 30.6 Å². The van der Waals surface area contributed by atoms with Crippen molar-refractivity contribution in [3.05, 3.63) is 65.3 Å². The molecule has 1 aromatic carbocycles. The number of amides is 2. The Labute approximate surface area is 269 Å². The van der Waals surface area contributed by atoms with Gasteiger partial charge in [0.1, 0.15) is 30.2 Å². The predicted molar refractivity (Wildman–Crippen MR) is 171 cm³/mol. The molecule has 6 rings (SSSR count). The standard InChI is InChI=1S/C34H45N7O5/c1-23-29-11-14-40(18-25(29)7-10-31(23)45-20-28-17-35-22-46-28)19-27(42)16-36-33(43)30-15-32(38-21-37-30)39-26-8-5-24(6-9-26)34(44)41-12-3-2-4-13-41/h7,10,15,17,21-22,24,26-27,42H,2-6,8-9,11-14,16,18-20H2,1H3,(H,36,43)(H,37,38,39)/t24-,26-,27-/m0/s1. The maximum absolute atomic E-state index is 12.9. The number of aliphatic hydroxyl groups excluding tert-OH is 1. The molecule has 2 aliphatic heterocycles. The number of nitrogens with zero attached hydrogens (tertiary/aromatic N) is 5. The monoisotopic (exact) mass is 631 g/mol. The van der Waals surface area contributed by atoms with Crippen molar-refractivity contribution in [2.24, 2.45) is 5.92 Å². The molecule has 0 bridgehead atoms. The van der Waals surface area contributed by atoms with E-state index in [1.54, 1.807) is 12.3 Å². The van der Waals surface area contributed by atoms with Crippen LogP contribution in [-0.2, 0) is 24.4 Å². The Morgan fingerprint density at radius 3 is 2.72 bits per heavy atom. The van der Waals surface area contributed by atoms with Crippen LogP contribution in [0.3, 0.4) is 0 Å². The van der Waals surface area contributed by atoms with Gasteiger partial charge in [0.2, 0.25) is 5.91 Å². The van der Waals surface area contributed by atoms with Crippen molar-refractivity contribution >= 4 is 17.6 Å². The van der Waals surface area contributed by atoms with E-state index in [9.17, 15) is 14.7 Å². The molecule has 1 saturated heterocycles. The first kappa shape index (κ1) is 31.9. The number of rotatable bonds is 11. The first-order chi connectivity index (χ1) is 22.4. The van der Waals surface area contributed by atoms with E-state index in [0.717, 1.165) is 82.4 Å². The Hall–Kier alpha value is -4.03. The smallest absolute Gasteiger partial charge is 0.270 e. The normalized spacial score (nSPS) is 20.9. The Morgan fingerprint density at radius 1 is 1.11 bits per heavy atom. The van der Waals surface area contributed by atoms with Gasteiger partial charge in [-0.2, -0.15) is 0 Å². The molecule has 2 aromatic heterocycles. The second-order valence-corrected chi connectivity index (χ2v) is 12.8. The number of hydrogen-bond acceptors (Lipinski definition) is 10. The maximum Gasteiger partial charge on any atom is 0.270 e. The highest BCUT2D eigenvalue weighted by Gasteiger charge is 2.30.